The van der Waals surface area contributed by atoms with Gasteiger partial charge in [-0.2, -0.15) is 0 Å². The third-order valence-electron chi connectivity index (χ3n) is 4.11. The first-order valence-electron chi connectivity index (χ1n) is 8.99. The highest BCUT2D eigenvalue weighted by atomic mass is 79.9. The molecule has 158 valence electrons. The number of hydrogen-bond donors (Lipinski definition) is 2. The molecule has 2 N–H and O–H groups in total. The second-order valence-corrected chi connectivity index (χ2v) is 7.38. The summed E-state index contributed by atoms with van der Waals surface area (Å²) >= 11 is 3.40. The first-order chi connectivity index (χ1) is 13.2. The molecule has 9 heteroatoms. The van der Waals surface area contributed by atoms with Crippen LogP contribution in [0.3, 0.4) is 0 Å². The highest BCUT2D eigenvalue weighted by Crippen LogP contribution is 2.32. The maximum atomic E-state index is 11.9. The van der Waals surface area contributed by atoms with E-state index in [1.165, 1.54) is 6.92 Å². The minimum Gasteiger partial charge on any atom is -0.496 e. The molecule has 8 nitrogen and oxygen atoms in total. The molecule has 2 unspecified atom stereocenters. The summed E-state index contributed by atoms with van der Waals surface area (Å²) in [6, 6.07) is 3.59. The second-order valence-electron chi connectivity index (χ2n) is 6.53. The lowest BCUT2D eigenvalue weighted by Crippen LogP contribution is -2.39. The second kappa shape index (κ2) is 11.6. The number of carbonyl (C=O) groups is 2. The Labute approximate surface area is 174 Å². The molecule has 1 aromatic carbocycles. The van der Waals surface area contributed by atoms with E-state index in [1.54, 1.807) is 20.3 Å². The molecule has 2 amide bonds. The summed E-state index contributed by atoms with van der Waals surface area (Å²) in [5.41, 5.74) is 0.870. The van der Waals surface area contributed by atoms with Crippen LogP contribution in [0.15, 0.2) is 16.6 Å². The molecule has 28 heavy (non-hydrogen) atoms. The fourth-order valence-corrected chi connectivity index (χ4v) is 2.66. The third kappa shape index (κ3) is 7.84. The van der Waals surface area contributed by atoms with Gasteiger partial charge in [-0.3, -0.25) is 0 Å². The van der Waals surface area contributed by atoms with Crippen LogP contribution in [-0.4, -0.2) is 45.3 Å². The number of hydrogen-bond acceptors (Lipinski definition) is 6. The van der Waals surface area contributed by atoms with Crippen molar-refractivity contribution in [2.45, 2.75) is 46.4 Å². The molecule has 0 aliphatic rings. The molecular formula is C19H29BrN2O6. The van der Waals surface area contributed by atoms with Gasteiger partial charge in [-0.1, -0.05) is 13.8 Å². The molecule has 0 aliphatic heterocycles. The first kappa shape index (κ1) is 23.9. The van der Waals surface area contributed by atoms with Crippen molar-refractivity contribution >= 4 is 28.1 Å². The number of carbonyl (C=O) groups excluding carboxylic acids is 2. The molecule has 1 aromatic rings. The van der Waals surface area contributed by atoms with Gasteiger partial charge in [0, 0.05) is 19.5 Å². The van der Waals surface area contributed by atoms with Crippen molar-refractivity contribution in [2.75, 3.05) is 20.8 Å². The van der Waals surface area contributed by atoms with Gasteiger partial charge in [0.25, 0.3) is 0 Å². The molecule has 2 atom stereocenters. The quantitative estimate of drug-likeness (QED) is 0.543. The summed E-state index contributed by atoms with van der Waals surface area (Å²) in [4.78, 5) is 23.6. The fraction of sp³-hybridized carbons (Fsp3) is 0.579. The van der Waals surface area contributed by atoms with Crippen LogP contribution in [-0.2, 0) is 15.9 Å². The number of ether oxygens (including phenoxy) is 4. The minimum absolute atomic E-state index is 0.0496. The Hall–Kier alpha value is -2.16. The van der Waals surface area contributed by atoms with E-state index < -0.39 is 18.5 Å². The van der Waals surface area contributed by atoms with Gasteiger partial charge in [-0.15, -0.1) is 0 Å². The van der Waals surface area contributed by atoms with E-state index in [2.05, 4.69) is 26.6 Å². The first-order valence-corrected chi connectivity index (χ1v) is 9.79. The van der Waals surface area contributed by atoms with E-state index in [0.717, 1.165) is 10.0 Å². The summed E-state index contributed by atoms with van der Waals surface area (Å²) in [6.45, 7) is 7.61. The van der Waals surface area contributed by atoms with Gasteiger partial charge in [0.1, 0.15) is 11.5 Å². The SMILES string of the molecule is COc1cc(CCNC(=O)OC(C)OC(=O)NC(C)C(C)C)c(OC)cc1Br. The summed E-state index contributed by atoms with van der Waals surface area (Å²) < 4.78 is 21.4. The lowest BCUT2D eigenvalue weighted by Gasteiger charge is -2.19. The van der Waals surface area contributed by atoms with Crippen LogP contribution in [0.4, 0.5) is 9.59 Å². The number of alkyl carbamates (subject to hydrolysis) is 2. The molecule has 0 radical (unpaired) electrons. The maximum Gasteiger partial charge on any atom is 0.410 e. The lowest BCUT2D eigenvalue weighted by molar-refractivity contribution is -0.0489. The number of rotatable bonds is 9. The molecule has 0 heterocycles. The number of methoxy groups -OCH3 is 2. The van der Waals surface area contributed by atoms with Gasteiger partial charge in [0.15, 0.2) is 0 Å². The molecular weight excluding hydrogens is 432 g/mol. The minimum atomic E-state index is -1.01. The van der Waals surface area contributed by atoms with Crippen molar-refractivity contribution < 1.29 is 28.5 Å². The van der Waals surface area contributed by atoms with Crippen LogP contribution in [0, 0.1) is 5.92 Å². The average Bonchev–Trinajstić information content (AvgIpc) is 2.61. The smallest absolute Gasteiger partial charge is 0.410 e. The van der Waals surface area contributed by atoms with E-state index in [0.29, 0.717) is 24.5 Å². The Morgan fingerprint density at radius 1 is 1.00 bits per heavy atom. The van der Waals surface area contributed by atoms with E-state index in [1.807, 2.05) is 26.8 Å². The standard InChI is InChI=1S/C19H29BrN2O6/c1-11(2)12(3)22-19(24)28-13(4)27-18(23)21-8-7-14-9-17(26-6)15(20)10-16(14)25-5/h9-13H,7-8H2,1-6H3,(H,21,23)(H,22,24). The number of halogens is 1. The van der Waals surface area contributed by atoms with Gasteiger partial charge >= 0.3 is 12.2 Å². The third-order valence-corrected chi connectivity index (χ3v) is 4.73. The number of benzene rings is 1. The van der Waals surface area contributed by atoms with Crippen LogP contribution in [0.2, 0.25) is 0 Å². The summed E-state index contributed by atoms with van der Waals surface area (Å²) in [6.07, 6.45) is -1.82. The highest BCUT2D eigenvalue weighted by molar-refractivity contribution is 9.10. The van der Waals surface area contributed by atoms with Crippen molar-refractivity contribution in [3.8, 4) is 11.5 Å². The molecule has 0 bridgehead atoms. The highest BCUT2D eigenvalue weighted by Gasteiger charge is 2.17. The fourth-order valence-electron chi connectivity index (χ4n) is 2.17. The van der Waals surface area contributed by atoms with Crippen molar-refractivity contribution in [2.24, 2.45) is 5.92 Å². The number of nitrogens with one attached hydrogen (secondary N) is 2. The van der Waals surface area contributed by atoms with Crippen LogP contribution in [0.25, 0.3) is 0 Å². The Balaban J connectivity index is 2.45. The van der Waals surface area contributed by atoms with E-state index >= 15 is 0 Å². The van der Waals surface area contributed by atoms with Crippen LogP contribution in [0.1, 0.15) is 33.3 Å². The van der Waals surface area contributed by atoms with Gasteiger partial charge in [-0.25, -0.2) is 9.59 Å². The normalized spacial score (nSPS) is 12.7. The van der Waals surface area contributed by atoms with Crippen molar-refractivity contribution in [3.63, 3.8) is 0 Å². The zero-order valence-electron chi connectivity index (χ0n) is 17.1. The molecule has 1 rings (SSSR count). The largest absolute Gasteiger partial charge is 0.496 e. The van der Waals surface area contributed by atoms with Gasteiger partial charge in [-0.05, 0) is 52.9 Å². The van der Waals surface area contributed by atoms with Crippen molar-refractivity contribution in [1.82, 2.24) is 10.6 Å². The Bertz CT molecular complexity index is 668. The van der Waals surface area contributed by atoms with Crippen LogP contribution >= 0.6 is 15.9 Å². The lowest BCUT2D eigenvalue weighted by atomic mass is 10.1. The predicted octanol–water partition coefficient (Wildman–Crippen LogP) is 3.85. The van der Waals surface area contributed by atoms with Crippen LogP contribution < -0.4 is 20.1 Å². The van der Waals surface area contributed by atoms with Gasteiger partial charge in [0.2, 0.25) is 6.29 Å². The summed E-state index contributed by atoms with van der Waals surface area (Å²) in [5.74, 6) is 1.61. The van der Waals surface area contributed by atoms with Crippen LogP contribution in [0.5, 0.6) is 11.5 Å². The molecule has 0 spiro atoms. The molecule has 0 saturated heterocycles. The predicted molar refractivity (Wildman–Crippen MR) is 109 cm³/mol. The van der Waals surface area contributed by atoms with E-state index in [4.69, 9.17) is 18.9 Å². The zero-order chi connectivity index (χ0) is 21.3. The molecule has 0 saturated carbocycles. The van der Waals surface area contributed by atoms with Crippen molar-refractivity contribution in [3.05, 3.63) is 22.2 Å². The van der Waals surface area contributed by atoms with E-state index in [-0.39, 0.29) is 12.0 Å². The molecule has 0 aliphatic carbocycles. The summed E-state index contributed by atoms with van der Waals surface area (Å²) in [7, 11) is 3.15. The maximum absolute atomic E-state index is 11.9. The zero-order valence-corrected chi connectivity index (χ0v) is 18.7. The average molecular weight is 461 g/mol. The Morgan fingerprint density at radius 3 is 2.18 bits per heavy atom. The Kier molecular flexibility index (Phi) is 9.92. The molecule has 0 fully saturated rings. The van der Waals surface area contributed by atoms with Gasteiger partial charge < -0.3 is 29.6 Å². The van der Waals surface area contributed by atoms with Gasteiger partial charge in [0.05, 0.1) is 18.7 Å². The topological polar surface area (TPSA) is 95.1 Å². The van der Waals surface area contributed by atoms with Crippen molar-refractivity contribution in [1.29, 1.82) is 0 Å². The monoisotopic (exact) mass is 460 g/mol. The number of amides is 2. The molecule has 0 aromatic heterocycles. The van der Waals surface area contributed by atoms with E-state index in [9.17, 15) is 9.59 Å². The Morgan fingerprint density at radius 2 is 1.61 bits per heavy atom. The summed E-state index contributed by atoms with van der Waals surface area (Å²) in [5, 5.41) is 5.29.